The molecular weight excluding hydrogens is 238 g/mol. The molecule has 0 aliphatic carbocycles. The van der Waals surface area contributed by atoms with Gasteiger partial charge in [0.1, 0.15) is 12.9 Å². The highest BCUT2D eigenvalue weighted by Gasteiger charge is 2.05. The first-order chi connectivity index (χ1) is 8.61. The predicted molar refractivity (Wildman–Crippen MR) is 62.7 cm³/mol. The third-order valence-electron chi connectivity index (χ3n) is 1.98. The van der Waals surface area contributed by atoms with Gasteiger partial charge in [0.15, 0.2) is 5.82 Å². The normalized spacial score (nSPS) is 9.89. The van der Waals surface area contributed by atoms with Gasteiger partial charge in [-0.2, -0.15) is 5.10 Å². The second-order valence-electron chi connectivity index (χ2n) is 3.50. The van der Waals surface area contributed by atoms with Crippen molar-refractivity contribution in [2.75, 3.05) is 19.7 Å². The van der Waals surface area contributed by atoms with Crippen LogP contribution in [0.3, 0.4) is 0 Å². The summed E-state index contributed by atoms with van der Waals surface area (Å²) in [6, 6.07) is -0.418. The monoisotopic (exact) mass is 255 g/mol. The Labute approximate surface area is 105 Å². The first-order valence-electron chi connectivity index (χ1n) is 5.63. The van der Waals surface area contributed by atoms with Crippen LogP contribution in [0, 0.1) is 0 Å². The van der Waals surface area contributed by atoms with Crippen LogP contribution in [-0.2, 0) is 23.0 Å². The molecule has 8 heteroatoms. The highest BCUT2D eigenvalue weighted by atomic mass is 16.5. The fraction of sp³-hybridized carbons (Fsp3) is 0.600. The third-order valence-corrected chi connectivity index (χ3v) is 1.98. The number of rotatable bonds is 6. The van der Waals surface area contributed by atoms with Gasteiger partial charge in [0.2, 0.25) is 0 Å². The number of aryl methyl sites for hydroxylation is 1. The van der Waals surface area contributed by atoms with Gasteiger partial charge in [-0.25, -0.2) is 9.78 Å². The van der Waals surface area contributed by atoms with Crippen molar-refractivity contribution in [2.45, 2.75) is 13.3 Å². The van der Waals surface area contributed by atoms with Crippen LogP contribution >= 0.6 is 0 Å². The lowest BCUT2D eigenvalue weighted by molar-refractivity contribution is -0.141. The average Bonchev–Trinajstić information content (AvgIpc) is 2.73. The molecule has 2 N–H and O–H groups in total. The van der Waals surface area contributed by atoms with E-state index in [1.165, 1.54) is 0 Å². The Bertz CT molecular complexity index is 404. The SMILES string of the molecule is CCOC(=O)CNC(=O)NCCc1ncn(C)n1. The van der Waals surface area contributed by atoms with E-state index >= 15 is 0 Å². The maximum atomic E-state index is 11.3. The molecule has 0 aliphatic heterocycles. The summed E-state index contributed by atoms with van der Waals surface area (Å²) >= 11 is 0. The number of amides is 2. The molecule has 0 fully saturated rings. The first-order valence-corrected chi connectivity index (χ1v) is 5.63. The first kappa shape index (κ1) is 13.9. The summed E-state index contributed by atoms with van der Waals surface area (Å²) in [7, 11) is 1.77. The van der Waals surface area contributed by atoms with Crippen molar-refractivity contribution in [3.8, 4) is 0 Å². The molecule has 1 aromatic rings. The Morgan fingerprint density at radius 3 is 2.83 bits per heavy atom. The molecule has 8 nitrogen and oxygen atoms in total. The summed E-state index contributed by atoms with van der Waals surface area (Å²) < 4.78 is 6.26. The maximum Gasteiger partial charge on any atom is 0.325 e. The van der Waals surface area contributed by atoms with Gasteiger partial charge in [0.05, 0.1) is 6.61 Å². The summed E-state index contributed by atoms with van der Waals surface area (Å²) in [5.74, 6) is 0.197. The predicted octanol–water partition coefficient (Wildman–Crippen LogP) is -0.780. The summed E-state index contributed by atoms with van der Waals surface area (Å²) in [5, 5.41) is 9.04. The van der Waals surface area contributed by atoms with Crippen LogP contribution < -0.4 is 10.6 Å². The number of hydrogen-bond acceptors (Lipinski definition) is 5. The molecule has 0 saturated heterocycles. The second-order valence-corrected chi connectivity index (χ2v) is 3.50. The number of urea groups is 1. The molecule has 2 amide bonds. The number of aromatic nitrogens is 3. The molecule has 1 heterocycles. The van der Waals surface area contributed by atoms with E-state index in [0.717, 1.165) is 0 Å². The number of carbonyl (C=O) groups excluding carboxylic acids is 2. The molecule has 0 aliphatic rings. The molecule has 1 rings (SSSR count). The molecule has 0 atom stereocenters. The van der Waals surface area contributed by atoms with E-state index in [1.807, 2.05) is 0 Å². The fourth-order valence-corrected chi connectivity index (χ4v) is 1.21. The van der Waals surface area contributed by atoms with Crippen molar-refractivity contribution in [3.05, 3.63) is 12.2 Å². The van der Waals surface area contributed by atoms with Crippen molar-refractivity contribution < 1.29 is 14.3 Å². The van der Waals surface area contributed by atoms with E-state index in [2.05, 4.69) is 25.5 Å². The van der Waals surface area contributed by atoms with Crippen LogP contribution in [-0.4, -0.2) is 46.5 Å². The number of esters is 1. The molecular formula is C10H17N5O3. The quantitative estimate of drug-likeness (QED) is 0.650. The molecule has 0 spiro atoms. The van der Waals surface area contributed by atoms with Crippen LogP contribution in [0.5, 0.6) is 0 Å². The molecule has 0 aromatic carbocycles. The Morgan fingerprint density at radius 1 is 1.44 bits per heavy atom. The number of carbonyl (C=O) groups is 2. The van der Waals surface area contributed by atoms with E-state index in [0.29, 0.717) is 25.4 Å². The van der Waals surface area contributed by atoms with Gasteiger partial charge in [-0.3, -0.25) is 9.48 Å². The standard InChI is InChI=1S/C10H17N5O3/c1-3-18-9(16)6-12-10(17)11-5-4-8-13-7-15(2)14-8/h7H,3-6H2,1-2H3,(H2,11,12,17). The van der Waals surface area contributed by atoms with Gasteiger partial charge in [-0.1, -0.05) is 0 Å². The average molecular weight is 255 g/mol. The smallest absolute Gasteiger partial charge is 0.325 e. The number of hydrogen-bond donors (Lipinski definition) is 2. The van der Waals surface area contributed by atoms with E-state index in [4.69, 9.17) is 0 Å². The van der Waals surface area contributed by atoms with Gasteiger partial charge in [-0.15, -0.1) is 0 Å². The molecule has 0 unspecified atom stereocenters. The Kier molecular flexibility index (Phi) is 5.62. The minimum Gasteiger partial charge on any atom is -0.465 e. The Morgan fingerprint density at radius 2 is 2.22 bits per heavy atom. The largest absolute Gasteiger partial charge is 0.465 e. The second kappa shape index (κ2) is 7.25. The van der Waals surface area contributed by atoms with E-state index in [-0.39, 0.29) is 6.54 Å². The van der Waals surface area contributed by atoms with Crippen LogP contribution in [0.15, 0.2) is 6.33 Å². The summed E-state index contributed by atoms with van der Waals surface area (Å²) in [4.78, 5) is 26.2. The van der Waals surface area contributed by atoms with Crippen LogP contribution in [0.4, 0.5) is 4.79 Å². The van der Waals surface area contributed by atoms with Gasteiger partial charge in [0.25, 0.3) is 0 Å². The van der Waals surface area contributed by atoms with Crippen molar-refractivity contribution in [2.24, 2.45) is 7.05 Å². The lowest BCUT2D eigenvalue weighted by Crippen LogP contribution is -2.39. The minimum atomic E-state index is -0.459. The van der Waals surface area contributed by atoms with E-state index in [1.54, 1.807) is 25.0 Å². The number of ether oxygens (including phenoxy) is 1. The molecule has 0 radical (unpaired) electrons. The Balaban J connectivity index is 2.12. The maximum absolute atomic E-state index is 11.3. The van der Waals surface area contributed by atoms with Crippen molar-refractivity contribution in [1.82, 2.24) is 25.4 Å². The number of nitrogens with one attached hydrogen (secondary N) is 2. The van der Waals surface area contributed by atoms with Crippen LogP contribution in [0.25, 0.3) is 0 Å². The molecule has 1 aromatic heterocycles. The number of nitrogens with zero attached hydrogens (tertiary/aromatic N) is 3. The zero-order valence-electron chi connectivity index (χ0n) is 10.5. The van der Waals surface area contributed by atoms with E-state index in [9.17, 15) is 9.59 Å². The summed E-state index contributed by atoms with van der Waals surface area (Å²) in [5.41, 5.74) is 0. The van der Waals surface area contributed by atoms with Crippen LogP contribution in [0.1, 0.15) is 12.7 Å². The molecule has 0 saturated carbocycles. The van der Waals surface area contributed by atoms with Gasteiger partial charge < -0.3 is 15.4 Å². The Hall–Kier alpha value is -2.12. The minimum absolute atomic E-state index is 0.137. The topological polar surface area (TPSA) is 98.1 Å². The fourth-order valence-electron chi connectivity index (χ4n) is 1.21. The zero-order valence-corrected chi connectivity index (χ0v) is 10.5. The lowest BCUT2D eigenvalue weighted by atomic mass is 10.4. The van der Waals surface area contributed by atoms with Crippen molar-refractivity contribution >= 4 is 12.0 Å². The van der Waals surface area contributed by atoms with Gasteiger partial charge in [0, 0.05) is 20.0 Å². The molecule has 0 bridgehead atoms. The van der Waals surface area contributed by atoms with Crippen molar-refractivity contribution in [1.29, 1.82) is 0 Å². The summed E-state index contributed by atoms with van der Waals surface area (Å²) in [6.45, 7) is 2.27. The molecule has 18 heavy (non-hydrogen) atoms. The lowest BCUT2D eigenvalue weighted by Gasteiger charge is -2.06. The zero-order chi connectivity index (χ0) is 13.4. The van der Waals surface area contributed by atoms with Crippen molar-refractivity contribution in [3.63, 3.8) is 0 Å². The van der Waals surface area contributed by atoms with Gasteiger partial charge in [-0.05, 0) is 6.92 Å². The highest BCUT2D eigenvalue weighted by Crippen LogP contribution is 1.87. The van der Waals surface area contributed by atoms with E-state index < -0.39 is 12.0 Å². The highest BCUT2D eigenvalue weighted by molar-refractivity contribution is 5.80. The summed E-state index contributed by atoms with van der Waals surface area (Å²) in [6.07, 6.45) is 2.13. The van der Waals surface area contributed by atoms with Crippen LogP contribution in [0.2, 0.25) is 0 Å². The molecule has 100 valence electrons. The van der Waals surface area contributed by atoms with Gasteiger partial charge >= 0.3 is 12.0 Å². The third kappa shape index (κ3) is 5.28.